The van der Waals surface area contributed by atoms with Crippen LogP contribution in [0.3, 0.4) is 0 Å². The molecule has 2 amide bonds. The molecule has 2 aromatic heterocycles. The van der Waals surface area contributed by atoms with Gasteiger partial charge in [0.15, 0.2) is 5.69 Å². The van der Waals surface area contributed by atoms with Gasteiger partial charge in [0.1, 0.15) is 17.4 Å². The number of carbonyl (C=O) groups excluding carboxylic acids is 2. The first kappa shape index (κ1) is 30.8. The lowest BCUT2D eigenvalue weighted by molar-refractivity contribution is -0.274. The molecule has 0 fully saturated rings. The van der Waals surface area contributed by atoms with Crippen molar-refractivity contribution in [3.63, 3.8) is 0 Å². The zero-order valence-corrected chi connectivity index (χ0v) is 22.0. The fraction of sp³-hybridized carbons (Fsp3) is 0.320. The molecule has 41 heavy (non-hydrogen) atoms. The van der Waals surface area contributed by atoms with Crippen molar-refractivity contribution in [1.29, 1.82) is 0 Å². The van der Waals surface area contributed by atoms with E-state index in [1.54, 1.807) is 6.20 Å². The number of benzene rings is 1. The quantitative estimate of drug-likeness (QED) is 0.103. The molecule has 12 nitrogen and oxygen atoms in total. The molecule has 1 aromatic carbocycles. The third kappa shape index (κ3) is 10.7. The van der Waals surface area contributed by atoms with Gasteiger partial charge in [-0.1, -0.05) is 11.3 Å². The average Bonchev–Trinajstić information content (AvgIpc) is 3.36. The number of alkyl halides is 3. The van der Waals surface area contributed by atoms with Gasteiger partial charge in [-0.05, 0) is 49.6 Å². The molecule has 0 aliphatic heterocycles. The van der Waals surface area contributed by atoms with Crippen LogP contribution < -0.4 is 26.9 Å². The number of hydrogen-bond donors (Lipinski definition) is 4. The number of pyridine rings is 1. The van der Waals surface area contributed by atoms with Crippen LogP contribution in [0.2, 0.25) is 0 Å². The van der Waals surface area contributed by atoms with E-state index in [9.17, 15) is 27.2 Å². The summed E-state index contributed by atoms with van der Waals surface area (Å²) in [6.07, 6.45) is 0.807. The summed E-state index contributed by atoms with van der Waals surface area (Å²) in [5, 5.41) is 13.9. The zero-order valence-electron chi connectivity index (χ0n) is 22.0. The molecule has 16 heteroatoms. The lowest BCUT2D eigenvalue weighted by Crippen LogP contribution is -2.34. The molecular formula is C25H29F4N9O3. The number of ether oxygens (including phenoxy) is 1. The topological polar surface area (TPSA) is 166 Å². The van der Waals surface area contributed by atoms with Crippen molar-refractivity contribution in [2.24, 2.45) is 11.6 Å². The Labute approximate surface area is 232 Å². The smallest absolute Gasteiger partial charge is 0.406 e. The lowest BCUT2D eigenvalue weighted by Gasteiger charge is -2.15. The molecule has 0 bridgehead atoms. The molecule has 3 aromatic rings. The van der Waals surface area contributed by atoms with Crippen molar-refractivity contribution in [3.8, 4) is 5.75 Å². The van der Waals surface area contributed by atoms with Crippen molar-refractivity contribution in [1.82, 2.24) is 35.6 Å². The second-order valence-corrected chi connectivity index (χ2v) is 8.91. The Morgan fingerprint density at radius 3 is 2.68 bits per heavy atom. The molecule has 0 spiro atoms. The van der Waals surface area contributed by atoms with E-state index < -0.39 is 23.8 Å². The molecule has 0 radical (unpaired) electrons. The molecule has 2 heterocycles. The fourth-order valence-corrected chi connectivity index (χ4v) is 3.50. The van der Waals surface area contributed by atoms with Gasteiger partial charge in [-0.3, -0.25) is 19.3 Å². The number of aromatic nitrogens is 4. The van der Waals surface area contributed by atoms with Crippen molar-refractivity contribution in [2.75, 3.05) is 6.54 Å². The second-order valence-electron chi connectivity index (χ2n) is 8.91. The number of unbranched alkanes of at least 4 members (excludes halogenated alkanes) is 1. The largest absolute Gasteiger partial charge is 0.573 e. The Hall–Kier alpha value is -4.73. The minimum Gasteiger partial charge on any atom is -0.406 e. The molecule has 0 saturated heterocycles. The third-order valence-electron chi connectivity index (χ3n) is 5.44. The minimum absolute atomic E-state index is 0.0542. The number of nitrogens with two attached hydrogens (primary N) is 2. The van der Waals surface area contributed by atoms with Gasteiger partial charge >= 0.3 is 6.36 Å². The van der Waals surface area contributed by atoms with E-state index in [0.717, 1.165) is 29.5 Å². The number of halogens is 4. The number of hydrazine groups is 1. The summed E-state index contributed by atoms with van der Waals surface area (Å²) in [7, 11) is 0. The molecule has 3 rings (SSSR count). The van der Waals surface area contributed by atoms with Crippen LogP contribution >= 0.6 is 0 Å². The Morgan fingerprint density at radius 2 is 1.98 bits per heavy atom. The summed E-state index contributed by atoms with van der Waals surface area (Å²) in [4.78, 5) is 28.6. The van der Waals surface area contributed by atoms with Gasteiger partial charge in [-0.25, -0.2) is 10.2 Å². The minimum atomic E-state index is -4.93. The van der Waals surface area contributed by atoms with Gasteiger partial charge in [0, 0.05) is 37.1 Å². The number of nitrogens with zero attached hydrogens (tertiary/aromatic N) is 5. The first-order chi connectivity index (χ1) is 19.4. The zero-order chi connectivity index (χ0) is 30.0. The predicted octanol–water partition coefficient (Wildman–Crippen LogP) is 2.02. The highest BCUT2D eigenvalue weighted by atomic mass is 19.4. The third-order valence-corrected chi connectivity index (χ3v) is 5.44. The Bertz CT molecular complexity index is 1360. The van der Waals surface area contributed by atoms with Crippen LogP contribution in [0.15, 0.2) is 54.7 Å². The summed E-state index contributed by atoms with van der Waals surface area (Å²) in [5.74, 6) is 3.59. The van der Waals surface area contributed by atoms with E-state index in [2.05, 4.69) is 30.7 Å². The van der Waals surface area contributed by atoms with E-state index >= 15 is 0 Å². The highest BCUT2D eigenvalue weighted by Gasteiger charge is 2.31. The Balaban J connectivity index is 1.38. The SMILES string of the molecule is Cc1ccc(CC(=O)N/C(N)=C/N(N)CCCCn2cc(C(=O)NCc3cc(OC(F)(F)F)ccc3F)nn2)cn1. The van der Waals surface area contributed by atoms with E-state index in [4.69, 9.17) is 11.6 Å². The summed E-state index contributed by atoms with van der Waals surface area (Å²) in [5.41, 5.74) is 7.19. The molecule has 0 saturated carbocycles. The molecule has 0 aliphatic rings. The van der Waals surface area contributed by atoms with Crippen LogP contribution in [0.1, 0.15) is 40.2 Å². The highest BCUT2D eigenvalue weighted by Crippen LogP contribution is 2.24. The van der Waals surface area contributed by atoms with Gasteiger partial charge in [-0.2, -0.15) is 0 Å². The van der Waals surface area contributed by atoms with Crippen LogP contribution in [-0.2, 0) is 24.3 Å². The van der Waals surface area contributed by atoms with E-state index in [-0.39, 0.29) is 36.0 Å². The summed E-state index contributed by atoms with van der Waals surface area (Å²) in [6, 6.07) is 6.11. The number of nitrogens with one attached hydrogen (secondary N) is 2. The van der Waals surface area contributed by atoms with Crippen LogP contribution in [0.4, 0.5) is 17.6 Å². The predicted molar refractivity (Wildman–Crippen MR) is 137 cm³/mol. The fourth-order valence-electron chi connectivity index (χ4n) is 3.50. The molecular weight excluding hydrogens is 550 g/mol. The van der Waals surface area contributed by atoms with Crippen molar-refractivity contribution < 1.29 is 31.9 Å². The standard InChI is InChI=1S/C25H29F4N9O3/c1-16-4-5-17(12-32-16)10-23(39)34-22(30)15-37(31)8-2-3-9-38-14-21(35-36-38)24(40)33-13-18-11-19(6-7-20(18)26)41-25(27,28)29/h4-7,11-12,14-15H,2-3,8-10,13,30-31H2,1H3,(H,33,40)(H,34,39)/b22-15+. The lowest BCUT2D eigenvalue weighted by atomic mass is 10.2. The molecule has 220 valence electrons. The van der Waals surface area contributed by atoms with E-state index in [0.29, 0.717) is 25.9 Å². The molecule has 0 atom stereocenters. The maximum Gasteiger partial charge on any atom is 0.573 e. The van der Waals surface area contributed by atoms with Crippen LogP contribution in [0.25, 0.3) is 0 Å². The number of amides is 2. The summed E-state index contributed by atoms with van der Waals surface area (Å²) < 4.78 is 56.3. The van der Waals surface area contributed by atoms with Gasteiger partial charge in [0.05, 0.1) is 18.8 Å². The van der Waals surface area contributed by atoms with Crippen molar-refractivity contribution in [2.45, 2.75) is 45.6 Å². The average molecular weight is 580 g/mol. The van der Waals surface area contributed by atoms with Gasteiger partial charge in [0.2, 0.25) is 5.91 Å². The summed E-state index contributed by atoms with van der Waals surface area (Å²) in [6.45, 7) is 2.27. The van der Waals surface area contributed by atoms with Gasteiger partial charge in [-0.15, -0.1) is 18.3 Å². The normalized spacial score (nSPS) is 11.7. The van der Waals surface area contributed by atoms with Crippen LogP contribution in [0, 0.1) is 12.7 Å². The number of aryl methyl sites for hydroxylation is 2. The maximum atomic E-state index is 13.9. The van der Waals surface area contributed by atoms with E-state index in [1.807, 2.05) is 19.1 Å². The van der Waals surface area contributed by atoms with Gasteiger partial charge < -0.3 is 26.1 Å². The maximum absolute atomic E-state index is 13.9. The first-order valence-electron chi connectivity index (χ1n) is 12.3. The van der Waals surface area contributed by atoms with Crippen molar-refractivity contribution in [3.05, 3.63) is 83.1 Å². The van der Waals surface area contributed by atoms with Crippen molar-refractivity contribution >= 4 is 11.8 Å². The van der Waals surface area contributed by atoms with Crippen LogP contribution in [0.5, 0.6) is 5.75 Å². The summed E-state index contributed by atoms with van der Waals surface area (Å²) >= 11 is 0. The first-order valence-corrected chi connectivity index (χ1v) is 12.3. The Kier molecular flexibility index (Phi) is 10.6. The highest BCUT2D eigenvalue weighted by molar-refractivity contribution is 5.91. The Morgan fingerprint density at radius 1 is 1.20 bits per heavy atom. The molecule has 6 N–H and O–H groups in total. The molecule has 0 unspecified atom stereocenters. The number of rotatable bonds is 13. The number of hydrogen-bond acceptors (Lipinski definition) is 9. The number of carbonyl (C=O) groups is 2. The second kappa shape index (κ2) is 14.1. The van der Waals surface area contributed by atoms with E-state index in [1.165, 1.54) is 22.1 Å². The van der Waals surface area contributed by atoms with Crippen LogP contribution in [-0.4, -0.2) is 49.7 Å². The monoisotopic (exact) mass is 579 g/mol. The van der Waals surface area contributed by atoms with Gasteiger partial charge in [0.25, 0.3) is 5.91 Å². The molecule has 0 aliphatic carbocycles.